The average Bonchev–Trinajstić information content (AvgIpc) is 3.44. The van der Waals surface area contributed by atoms with Gasteiger partial charge in [0.15, 0.2) is 17.3 Å². The zero-order valence-electron chi connectivity index (χ0n) is 16.2. The van der Waals surface area contributed by atoms with Crippen molar-refractivity contribution in [3.8, 4) is 23.5 Å². The van der Waals surface area contributed by atoms with Crippen molar-refractivity contribution in [3.63, 3.8) is 0 Å². The fraction of sp³-hybridized carbons (Fsp3) is 0.286. The Labute approximate surface area is 171 Å². The summed E-state index contributed by atoms with van der Waals surface area (Å²) in [7, 11) is 1.38. The predicted molar refractivity (Wildman–Crippen MR) is 105 cm³/mol. The van der Waals surface area contributed by atoms with Gasteiger partial charge >= 0.3 is 0 Å². The maximum Gasteiger partial charge on any atom is 0.266 e. The van der Waals surface area contributed by atoms with Crippen molar-refractivity contribution < 1.29 is 22.8 Å². The zero-order valence-corrected chi connectivity index (χ0v) is 16.2. The van der Waals surface area contributed by atoms with Crippen molar-refractivity contribution in [1.82, 2.24) is 4.98 Å². The molecule has 3 aromatic rings. The molecule has 1 saturated heterocycles. The first-order chi connectivity index (χ1) is 14.6. The first-order valence-electron chi connectivity index (χ1n) is 9.43. The van der Waals surface area contributed by atoms with Crippen LogP contribution >= 0.6 is 0 Å². The number of piperidine rings is 1. The van der Waals surface area contributed by atoms with Crippen LogP contribution in [-0.2, 0) is 4.79 Å². The maximum absolute atomic E-state index is 13.8. The Morgan fingerprint density at radius 1 is 1.37 bits per heavy atom. The molecule has 0 saturated carbocycles. The van der Waals surface area contributed by atoms with E-state index in [0.717, 1.165) is 0 Å². The van der Waals surface area contributed by atoms with Crippen LogP contribution in [0.4, 0.5) is 16.0 Å². The number of rotatable bonds is 5. The topological polar surface area (TPSA) is 105 Å². The van der Waals surface area contributed by atoms with E-state index in [0.29, 0.717) is 43.3 Å². The van der Waals surface area contributed by atoms with Crippen LogP contribution in [0.3, 0.4) is 0 Å². The molecule has 1 fully saturated rings. The smallest absolute Gasteiger partial charge is 0.266 e. The summed E-state index contributed by atoms with van der Waals surface area (Å²) >= 11 is 0. The van der Waals surface area contributed by atoms with Crippen LogP contribution in [0, 0.1) is 23.1 Å². The summed E-state index contributed by atoms with van der Waals surface area (Å²) in [6.07, 6.45) is 2.63. The van der Waals surface area contributed by atoms with E-state index in [4.69, 9.17) is 13.6 Å². The minimum absolute atomic E-state index is 0.121. The number of furan rings is 1. The first-order valence-corrected chi connectivity index (χ1v) is 9.43. The summed E-state index contributed by atoms with van der Waals surface area (Å²) < 4.78 is 29.7. The number of anilines is 2. The lowest BCUT2D eigenvalue weighted by Crippen LogP contribution is -2.38. The molecular weight excluding hydrogens is 391 g/mol. The van der Waals surface area contributed by atoms with Gasteiger partial charge in [0.1, 0.15) is 6.07 Å². The number of nitriles is 1. The highest BCUT2D eigenvalue weighted by molar-refractivity contribution is 5.92. The molecule has 1 N–H and O–H groups in total. The molecule has 1 amide bonds. The van der Waals surface area contributed by atoms with Gasteiger partial charge in [-0.3, -0.25) is 4.79 Å². The standard InChI is InChI=1S/C21H19FN4O4/c1-28-17-5-4-14(11-15(17)22)24-19(27)13-6-8-26(9-7-13)21-16(12-23)25-20(30-21)18-3-2-10-29-18/h2-5,10-11,13H,6-9H2,1H3,(H,24,27). The number of methoxy groups -OCH3 is 1. The summed E-state index contributed by atoms with van der Waals surface area (Å²) in [6.45, 7) is 1.05. The monoisotopic (exact) mass is 410 g/mol. The number of hydrogen-bond donors (Lipinski definition) is 1. The van der Waals surface area contributed by atoms with Crippen LogP contribution in [0.5, 0.6) is 5.75 Å². The van der Waals surface area contributed by atoms with Gasteiger partial charge in [0.2, 0.25) is 17.5 Å². The van der Waals surface area contributed by atoms with Crippen molar-refractivity contribution in [3.05, 3.63) is 48.1 Å². The van der Waals surface area contributed by atoms with Crippen molar-refractivity contribution in [2.45, 2.75) is 12.8 Å². The molecule has 9 heteroatoms. The number of halogens is 1. The summed E-state index contributed by atoms with van der Waals surface area (Å²) in [4.78, 5) is 18.7. The number of ether oxygens (including phenoxy) is 1. The zero-order chi connectivity index (χ0) is 21.1. The number of carbonyl (C=O) groups is 1. The molecule has 1 aliphatic heterocycles. The third-order valence-electron chi connectivity index (χ3n) is 5.02. The number of nitrogens with zero attached hydrogens (tertiary/aromatic N) is 3. The Bertz CT molecular complexity index is 1080. The lowest BCUT2D eigenvalue weighted by atomic mass is 9.96. The lowest BCUT2D eigenvalue weighted by Gasteiger charge is -2.30. The minimum Gasteiger partial charge on any atom is -0.494 e. The van der Waals surface area contributed by atoms with Gasteiger partial charge in [0, 0.05) is 30.8 Å². The van der Waals surface area contributed by atoms with Gasteiger partial charge in [0.05, 0.1) is 13.4 Å². The van der Waals surface area contributed by atoms with Crippen LogP contribution in [0.25, 0.3) is 11.7 Å². The van der Waals surface area contributed by atoms with Crippen molar-refractivity contribution in [1.29, 1.82) is 5.26 Å². The molecular formula is C21H19FN4O4. The third-order valence-corrected chi connectivity index (χ3v) is 5.02. The molecule has 1 aromatic carbocycles. The molecule has 0 unspecified atom stereocenters. The van der Waals surface area contributed by atoms with Gasteiger partial charge in [-0.1, -0.05) is 0 Å². The molecule has 0 atom stereocenters. The fourth-order valence-corrected chi connectivity index (χ4v) is 3.44. The van der Waals surface area contributed by atoms with Gasteiger partial charge in [-0.2, -0.15) is 10.2 Å². The van der Waals surface area contributed by atoms with Crippen LogP contribution in [0.1, 0.15) is 18.5 Å². The van der Waals surface area contributed by atoms with Gasteiger partial charge in [-0.25, -0.2) is 4.39 Å². The maximum atomic E-state index is 13.8. The van der Waals surface area contributed by atoms with E-state index in [2.05, 4.69) is 10.3 Å². The number of oxazole rings is 1. The van der Waals surface area contributed by atoms with E-state index in [1.165, 1.54) is 25.5 Å². The molecule has 4 rings (SSSR count). The summed E-state index contributed by atoms with van der Waals surface area (Å²) in [6, 6.07) is 9.76. The number of hydrogen-bond acceptors (Lipinski definition) is 7. The number of benzene rings is 1. The predicted octanol–water partition coefficient (Wildman–Crippen LogP) is 3.81. The van der Waals surface area contributed by atoms with E-state index < -0.39 is 5.82 Å². The van der Waals surface area contributed by atoms with Crippen LogP contribution < -0.4 is 15.0 Å². The highest BCUT2D eigenvalue weighted by Crippen LogP contribution is 2.31. The second-order valence-corrected chi connectivity index (χ2v) is 6.86. The molecule has 0 bridgehead atoms. The Kier molecular flexibility index (Phi) is 5.39. The number of amides is 1. The third kappa shape index (κ3) is 3.85. The summed E-state index contributed by atoms with van der Waals surface area (Å²) in [5.41, 5.74) is 0.559. The first kappa shape index (κ1) is 19.5. The minimum atomic E-state index is -0.535. The lowest BCUT2D eigenvalue weighted by molar-refractivity contribution is -0.120. The van der Waals surface area contributed by atoms with E-state index in [1.54, 1.807) is 18.2 Å². The Morgan fingerprint density at radius 3 is 2.80 bits per heavy atom. The average molecular weight is 410 g/mol. The summed E-state index contributed by atoms with van der Waals surface area (Å²) in [5.74, 6) is 0.243. The molecule has 2 aromatic heterocycles. The van der Waals surface area contributed by atoms with E-state index in [-0.39, 0.29) is 29.2 Å². The van der Waals surface area contributed by atoms with Crippen molar-refractivity contribution in [2.75, 3.05) is 30.4 Å². The number of aromatic nitrogens is 1. The Hall–Kier alpha value is -3.80. The normalized spacial score (nSPS) is 14.4. The molecule has 0 spiro atoms. The largest absolute Gasteiger partial charge is 0.494 e. The Morgan fingerprint density at radius 2 is 2.17 bits per heavy atom. The molecule has 3 heterocycles. The van der Waals surface area contributed by atoms with Crippen LogP contribution in [0.15, 0.2) is 45.4 Å². The van der Waals surface area contributed by atoms with E-state index in [1.807, 2.05) is 11.0 Å². The number of nitrogens with one attached hydrogen (secondary N) is 1. The van der Waals surface area contributed by atoms with Crippen molar-refractivity contribution in [2.24, 2.45) is 5.92 Å². The quantitative estimate of drug-likeness (QED) is 0.682. The second-order valence-electron chi connectivity index (χ2n) is 6.86. The molecule has 8 nitrogen and oxygen atoms in total. The van der Waals surface area contributed by atoms with Crippen molar-refractivity contribution >= 4 is 17.5 Å². The SMILES string of the molecule is COc1ccc(NC(=O)C2CCN(c3oc(-c4ccco4)nc3C#N)CC2)cc1F. The highest BCUT2D eigenvalue weighted by atomic mass is 19.1. The van der Waals surface area contributed by atoms with Crippen LogP contribution in [0.2, 0.25) is 0 Å². The van der Waals surface area contributed by atoms with Gasteiger partial charge in [-0.15, -0.1) is 0 Å². The van der Waals surface area contributed by atoms with E-state index >= 15 is 0 Å². The van der Waals surface area contributed by atoms with Gasteiger partial charge in [-0.05, 0) is 37.1 Å². The molecule has 1 aliphatic rings. The van der Waals surface area contributed by atoms with E-state index in [9.17, 15) is 14.4 Å². The molecule has 0 aliphatic carbocycles. The number of carbonyl (C=O) groups excluding carboxylic acids is 1. The second kappa shape index (κ2) is 8.29. The van der Waals surface area contributed by atoms with Gasteiger partial charge < -0.3 is 23.8 Å². The van der Waals surface area contributed by atoms with Gasteiger partial charge in [0.25, 0.3) is 5.89 Å². The fourth-order valence-electron chi connectivity index (χ4n) is 3.44. The summed E-state index contributed by atoms with van der Waals surface area (Å²) in [5, 5.41) is 12.1. The molecule has 154 valence electrons. The molecule has 30 heavy (non-hydrogen) atoms. The molecule has 0 radical (unpaired) electrons. The van der Waals surface area contributed by atoms with Crippen LogP contribution in [-0.4, -0.2) is 31.1 Å². The highest BCUT2D eigenvalue weighted by Gasteiger charge is 2.29. The Balaban J connectivity index is 1.40.